The van der Waals surface area contributed by atoms with Gasteiger partial charge in [-0.1, -0.05) is 69.0 Å². The lowest BCUT2D eigenvalue weighted by Crippen LogP contribution is -2.50. The highest BCUT2D eigenvalue weighted by molar-refractivity contribution is 8.07. The predicted octanol–water partition coefficient (Wildman–Crippen LogP) is 6.72. The fourth-order valence-electron chi connectivity index (χ4n) is 6.47. The first-order valence-corrected chi connectivity index (χ1v) is 27.3. The van der Waals surface area contributed by atoms with Gasteiger partial charge in [-0.3, -0.25) is 18.4 Å². The van der Waals surface area contributed by atoms with Gasteiger partial charge in [0.2, 0.25) is 6.54 Å². The minimum absolute atomic E-state index is 0.0546. The third kappa shape index (κ3) is 10.5. The SMILES string of the molecule is [C-]#[N+]CCOP1(=S)OC[C@H]2O[C@@H](n3cnc4c(NC(=O)c5ccccc5)ncnc43)[C@H](F)[C@@H]2OP(O)(=S)OC[C@H]2O[C@@H](C#Cc3ccccc3)[C@H](O1)[C@@H]2O[Si](C)(C)C(C)(C)C. The fraction of sp³-hybridized carbons (Fsp3) is 0.462. The third-order valence-corrected chi connectivity index (χ3v) is 19.0. The Bertz CT molecular complexity index is 2420. The van der Waals surface area contributed by atoms with E-state index in [2.05, 4.69) is 70.8 Å². The van der Waals surface area contributed by atoms with Crippen LogP contribution in [0.25, 0.3) is 16.0 Å². The van der Waals surface area contributed by atoms with Crippen molar-refractivity contribution < 1.29 is 50.6 Å². The van der Waals surface area contributed by atoms with E-state index in [0.29, 0.717) is 11.1 Å². The number of benzene rings is 2. The largest absolute Gasteiger partial charge is 0.408 e. The first-order chi connectivity index (χ1) is 29.0. The normalized spacial score (nSPS) is 30.8. The summed E-state index contributed by atoms with van der Waals surface area (Å²) in [6.45, 7) is 8.55. The molecule has 2 unspecified atom stereocenters. The number of ether oxygens (including phenoxy) is 2. The smallest absolute Gasteiger partial charge is 0.328 e. The molecule has 7 rings (SSSR count). The minimum atomic E-state index is -4.27. The van der Waals surface area contributed by atoms with Gasteiger partial charge in [0.1, 0.15) is 49.6 Å². The van der Waals surface area contributed by atoms with Crippen LogP contribution in [-0.2, 0) is 60.1 Å². The van der Waals surface area contributed by atoms with Crippen LogP contribution < -0.4 is 5.32 Å². The van der Waals surface area contributed by atoms with Crippen LogP contribution in [0.3, 0.4) is 0 Å². The molecular formula is C39H45FN6O10P2S2Si. The maximum absolute atomic E-state index is 16.9. The first kappa shape index (κ1) is 45.6. The first-order valence-electron chi connectivity index (χ1n) is 19.3. The second-order valence-electron chi connectivity index (χ2n) is 15.8. The Labute approximate surface area is 364 Å². The maximum Gasteiger partial charge on any atom is 0.328 e. The van der Waals surface area contributed by atoms with Gasteiger partial charge in [0.15, 0.2) is 37.7 Å². The van der Waals surface area contributed by atoms with Gasteiger partial charge in [-0.05, 0) is 66.0 Å². The molecule has 2 N–H and O–H groups in total. The summed E-state index contributed by atoms with van der Waals surface area (Å²) in [5.74, 6) is 5.94. The van der Waals surface area contributed by atoms with E-state index in [4.69, 9.17) is 66.7 Å². The molecule has 3 aliphatic rings. The number of rotatable bonds is 8. The molecule has 3 fully saturated rings. The number of nitrogens with zero attached hydrogens (tertiary/aromatic N) is 5. The van der Waals surface area contributed by atoms with Crippen molar-refractivity contribution in [3.63, 3.8) is 0 Å². The lowest BCUT2D eigenvalue weighted by atomic mass is 10.1. The van der Waals surface area contributed by atoms with Crippen LogP contribution in [-0.4, -0.2) is 108 Å². The molecule has 16 nitrogen and oxygen atoms in total. The van der Waals surface area contributed by atoms with Crippen LogP contribution in [0.5, 0.6) is 0 Å². The minimum Gasteiger partial charge on any atom is -0.408 e. The highest BCUT2D eigenvalue weighted by atomic mass is 32.5. The topological polar surface area (TPSA) is 171 Å². The molecule has 4 aromatic rings. The van der Waals surface area contributed by atoms with E-state index in [1.54, 1.807) is 30.3 Å². The van der Waals surface area contributed by atoms with Gasteiger partial charge in [-0.15, -0.1) is 0 Å². The summed E-state index contributed by atoms with van der Waals surface area (Å²) in [6.07, 6.45) is -7.66. The van der Waals surface area contributed by atoms with Crippen molar-refractivity contribution in [2.75, 3.05) is 31.7 Å². The van der Waals surface area contributed by atoms with E-state index in [-0.39, 0.29) is 41.8 Å². The molecule has 324 valence electrons. The number of hydrogen-bond acceptors (Lipinski definition) is 14. The average molecular weight is 931 g/mol. The van der Waals surface area contributed by atoms with E-state index in [1.165, 1.54) is 17.2 Å². The van der Waals surface area contributed by atoms with Crippen molar-refractivity contribution >= 4 is 68.3 Å². The van der Waals surface area contributed by atoms with Gasteiger partial charge in [-0.2, -0.15) is 0 Å². The second-order valence-corrected chi connectivity index (χ2v) is 26.3. The highest BCUT2D eigenvalue weighted by Gasteiger charge is 2.55. The number of amides is 1. The van der Waals surface area contributed by atoms with E-state index in [0.717, 1.165) is 0 Å². The van der Waals surface area contributed by atoms with Crippen LogP contribution in [0.2, 0.25) is 18.1 Å². The number of carbonyl (C=O) groups is 1. The lowest BCUT2D eigenvalue weighted by molar-refractivity contribution is -0.0472. The number of hydrogen-bond donors (Lipinski definition) is 2. The standard InChI is InChI=1S/C39H45FN6O10P2S2Si/c1-39(2,3)61(5,6)56-34-29-21-50-57(48,59)54-32-28(22-51-58(60,49-20-19-41-4)55-33(34)27(52-29)18-17-25-13-9-7-10-14-25)53-38(30(32)40)46-24-44-31-35(42-23-43-36(31)46)45-37(47)26-15-11-8-12-16-26/h7-16,23-24,27-30,32-34,38H,19-22H2,1-3,5-6H3,(H,48,59)(H,42,43,45,47)/t27-,28+,29+,30+,32+,33-,34+,38+,57?,58?/m0/s1. The van der Waals surface area contributed by atoms with Gasteiger partial charge in [-0.25, -0.2) is 25.9 Å². The molecule has 5 heterocycles. The van der Waals surface area contributed by atoms with Crippen LogP contribution in [0.4, 0.5) is 10.2 Å². The van der Waals surface area contributed by atoms with Gasteiger partial charge < -0.3 is 42.5 Å². The third-order valence-electron chi connectivity index (χ3n) is 10.6. The molecule has 2 aromatic carbocycles. The molecule has 0 saturated carbocycles. The van der Waals surface area contributed by atoms with Crippen LogP contribution in [0, 0.1) is 18.4 Å². The quantitative estimate of drug-likeness (QED) is 0.0627. The Morgan fingerprint density at radius 3 is 2.44 bits per heavy atom. The second kappa shape index (κ2) is 18.7. The monoisotopic (exact) mass is 930 g/mol. The van der Waals surface area contributed by atoms with Gasteiger partial charge in [0, 0.05) is 11.1 Å². The molecule has 2 aromatic heterocycles. The summed E-state index contributed by atoms with van der Waals surface area (Å²) >= 11 is 11.5. The Hall–Kier alpha value is -3.40. The molecule has 61 heavy (non-hydrogen) atoms. The number of carbonyl (C=O) groups excluding carboxylic acids is 1. The van der Waals surface area contributed by atoms with Crippen molar-refractivity contribution in [1.29, 1.82) is 0 Å². The van der Waals surface area contributed by atoms with Crippen molar-refractivity contribution in [3.8, 4) is 11.8 Å². The Morgan fingerprint density at radius 2 is 1.74 bits per heavy atom. The van der Waals surface area contributed by atoms with E-state index in [1.807, 2.05) is 30.3 Å². The summed E-state index contributed by atoms with van der Waals surface area (Å²) in [6, 6.07) is 17.8. The number of imidazole rings is 1. The van der Waals surface area contributed by atoms with Crippen molar-refractivity contribution in [2.24, 2.45) is 0 Å². The van der Waals surface area contributed by atoms with E-state index >= 15 is 4.39 Å². The summed E-state index contributed by atoms with van der Waals surface area (Å²) in [4.78, 5) is 40.8. The number of halogens is 1. The molecule has 0 aliphatic carbocycles. The Kier molecular flexibility index (Phi) is 14.0. The molecule has 0 radical (unpaired) electrons. The zero-order valence-electron chi connectivity index (χ0n) is 33.8. The summed E-state index contributed by atoms with van der Waals surface area (Å²) in [5.41, 5.74) is 1.39. The molecule has 22 heteroatoms. The number of aromatic nitrogens is 4. The Morgan fingerprint density at radius 1 is 1.03 bits per heavy atom. The molecule has 2 bridgehead atoms. The maximum atomic E-state index is 16.9. The van der Waals surface area contributed by atoms with E-state index < -0.39 is 83.3 Å². The molecule has 3 aliphatic heterocycles. The summed E-state index contributed by atoms with van der Waals surface area (Å²) in [7, 11) is -2.60. The molecule has 0 spiro atoms. The number of fused-ring (bicyclic) bond motifs is 4. The van der Waals surface area contributed by atoms with Gasteiger partial charge in [0.05, 0.1) is 19.5 Å². The Balaban J connectivity index is 1.22. The number of nitrogens with one attached hydrogen (secondary N) is 1. The molecule has 1 amide bonds. The molecule has 3 saturated heterocycles. The summed E-state index contributed by atoms with van der Waals surface area (Å²) < 4.78 is 68.8. The predicted molar refractivity (Wildman–Crippen MR) is 232 cm³/mol. The van der Waals surface area contributed by atoms with Crippen LogP contribution >= 0.6 is 13.4 Å². The zero-order chi connectivity index (χ0) is 43.6. The summed E-state index contributed by atoms with van der Waals surface area (Å²) in [5, 5.41) is 2.46. The van der Waals surface area contributed by atoms with Crippen LogP contribution in [0.15, 0.2) is 73.3 Å². The van der Waals surface area contributed by atoms with Gasteiger partial charge >= 0.3 is 13.4 Å². The molecule has 10 atom stereocenters. The van der Waals surface area contributed by atoms with Crippen LogP contribution in [0.1, 0.15) is 42.9 Å². The van der Waals surface area contributed by atoms with Gasteiger partial charge in [0.25, 0.3) is 5.91 Å². The van der Waals surface area contributed by atoms with Crippen molar-refractivity contribution in [2.45, 2.75) is 87.9 Å². The molecular weight excluding hydrogens is 886 g/mol. The van der Waals surface area contributed by atoms with E-state index in [9.17, 15) is 9.69 Å². The van der Waals surface area contributed by atoms with Crippen molar-refractivity contribution in [3.05, 3.63) is 95.9 Å². The highest BCUT2D eigenvalue weighted by Crippen LogP contribution is 2.56. The zero-order valence-corrected chi connectivity index (χ0v) is 38.2. The average Bonchev–Trinajstić information content (AvgIpc) is 3.88. The fourth-order valence-corrected chi connectivity index (χ4v) is 11.3. The number of anilines is 1. The lowest BCUT2D eigenvalue weighted by Gasteiger charge is -2.41. The van der Waals surface area contributed by atoms with Crippen molar-refractivity contribution in [1.82, 2.24) is 19.5 Å². The number of alkyl halides is 1.